The zero-order valence-electron chi connectivity index (χ0n) is 34.3. The van der Waals surface area contributed by atoms with Gasteiger partial charge in [0, 0.05) is 36.9 Å². The van der Waals surface area contributed by atoms with Crippen molar-refractivity contribution in [3.8, 4) is 84.7 Å². The molecule has 2 aliphatic rings. The number of hydrogen-bond donors (Lipinski definition) is 0. The van der Waals surface area contributed by atoms with E-state index in [1.54, 1.807) is 11.3 Å². The molecular weight excluding hydrogens is 797 g/mol. The summed E-state index contributed by atoms with van der Waals surface area (Å²) in [5, 5.41) is 11.9. The molecule has 13 rings (SSSR count). The quantitative estimate of drug-likeness (QED) is 0.173. The highest BCUT2D eigenvalue weighted by Crippen LogP contribution is 2.64. The summed E-state index contributed by atoms with van der Waals surface area (Å²) in [6.07, 6.45) is 0. The molecular formula is C59H34N4S. The Balaban J connectivity index is 0.966. The summed E-state index contributed by atoms with van der Waals surface area (Å²) >= 11 is 1.71. The van der Waals surface area contributed by atoms with Gasteiger partial charge in [0.2, 0.25) is 0 Å². The lowest BCUT2D eigenvalue weighted by Gasteiger charge is -2.32. The Labute approximate surface area is 374 Å². The molecule has 2 heterocycles. The molecule has 0 bridgehead atoms. The van der Waals surface area contributed by atoms with Gasteiger partial charge in [-0.15, -0.1) is 11.3 Å². The van der Waals surface area contributed by atoms with E-state index in [1.165, 1.54) is 55.6 Å². The Bertz CT molecular complexity index is 3700. The number of fused-ring (bicyclic) bond motifs is 13. The van der Waals surface area contributed by atoms with Crippen LogP contribution >= 0.6 is 11.3 Å². The largest absolute Gasteiger partial charge is 0.208 e. The van der Waals surface area contributed by atoms with Gasteiger partial charge in [-0.3, -0.25) is 0 Å². The normalized spacial score (nSPS) is 12.8. The number of hydrogen-bond acceptors (Lipinski definition) is 5. The third-order valence-electron chi connectivity index (χ3n) is 13.2. The topological polar surface area (TPSA) is 62.5 Å². The average Bonchev–Trinajstić information content (AvgIpc) is 4.00. The second-order valence-corrected chi connectivity index (χ2v) is 17.6. The second-order valence-electron chi connectivity index (χ2n) is 16.6. The highest BCUT2D eigenvalue weighted by molar-refractivity contribution is 7.25. The Morgan fingerprint density at radius 3 is 1.58 bits per heavy atom. The number of rotatable bonds is 5. The summed E-state index contributed by atoms with van der Waals surface area (Å²) in [5.74, 6) is 1.78. The fourth-order valence-electron chi connectivity index (χ4n) is 10.5. The maximum atomic E-state index is 9.80. The van der Waals surface area contributed by atoms with E-state index in [9.17, 15) is 5.26 Å². The van der Waals surface area contributed by atoms with E-state index >= 15 is 0 Å². The van der Waals surface area contributed by atoms with Crippen molar-refractivity contribution in [1.29, 1.82) is 5.26 Å². The van der Waals surface area contributed by atoms with E-state index in [1.807, 2.05) is 48.5 Å². The highest BCUT2D eigenvalue weighted by Gasteiger charge is 2.52. The van der Waals surface area contributed by atoms with E-state index in [2.05, 4.69) is 164 Å². The third kappa shape index (κ3) is 5.30. The lowest BCUT2D eigenvalue weighted by Crippen LogP contribution is -2.26. The van der Waals surface area contributed by atoms with Crippen LogP contribution in [-0.2, 0) is 5.41 Å². The van der Waals surface area contributed by atoms with Crippen LogP contribution in [0.1, 0.15) is 27.8 Å². The van der Waals surface area contributed by atoms with Crippen molar-refractivity contribution < 1.29 is 0 Å². The number of benzene rings is 9. The molecule has 2 aromatic heterocycles. The second kappa shape index (κ2) is 14.1. The summed E-state index contributed by atoms with van der Waals surface area (Å²) in [6, 6.07) is 75.9. The van der Waals surface area contributed by atoms with E-state index < -0.39 is 5.41 Å². The molecule has 0 saturated heterocycles. The van der Waals surface area contributed by atoms with Crippen LogP contribution in [0.5, 0.6) is 0 Å². The minimum absolute atomic E-state index is 0.448. The number of nitrogens with zero attached hydrogens (tertiary/aromatic N) is 4. The Kier molecular flexibility index (Phi) is 8.02. The van der Waals surface area contributed by atoms with Crippen LogP contribution in [0.2, 0.25) is 0 Å². The molecule has 4 nitrogen and oxygen atoms in total. The zero-order chi connectivity index (χ0) is 42.4. The van der Waals surface area contributed by atoms with Gasteiger partial charge in [0.25, 0.3) is 0 Å². The summed E-state index contributed by atoms with van der Waals surface area (Å²) in [4.78, 5) is 15.5. The molecule has 9 aromatic carbocycles. The van der Waals surface area contributed by atoms with Crippen LogP contribution in [-0.4, -0.2) is 15.0 Å². The minimum Gasteiger partial charge on any atom is -0.208 e. The Morgan fingerprint density at radius 2 is 0.875 bits per heavy atom. The lowest BCUT2D eigenvalue weighted by atomic mass is 9.68. The predicted octanol–water partition coefficient (Wildman–Crippen LogP) is 14.8. The molecule has 11 aromatic rings. The maximum absolute atomic E-state index is 9.80. The summed E-state index contributed by atoms with van der Waals surface area (Å²) < 4.78 is 2.24. The predicted molar refractivity (Wildman–Crippen MR) is 261 cm³/mol. The van der Waals surface area contributed by atoms with Crippen molar-refractivity contribution in [2.75, 3.05) is 0 Å². The van der Waals surface area contributed by atoms with Gasteiger partial charge in [-0.2, -0.15) is 5.26 Å². The molecule has 0 N–H and O–H groups in total. The standard InChI is InChI=1S/C59H34N4S/c60-35-36-30-31-52-48(32-36)54-47(25-13-29-53(54)64-52)58-62-56(37-14-2-1-3-15-37)61-57(63-58)41-19-11-17-39(34-41)38-16-10-18-40(33-38)42-23-12-24-46-45-22-6-9-28-51(45)59(55(42)46)49-26-7-4-20-43(49)44-21-5-8-27-50(44)59/h1-34H. The van der Waals surface area contributed by atoms with Gasteiger partial charge >= 0.3 is 0 Å². The van der Waals surface area contributed by atoms with Crippen LogP contribution in [0, 0.1) is 11.3 Å². The first-order valence-electron chi connectivity index (χ1n) is 21.5. The molecule has 0 aliphatic heterocycles. The van der Waals surface area contributed by atoms with Gasteiger partial charge in [0.05, 0.1) is 17.0 Å². The van der Waals surface area contributed by atoms with Gasteiger partial charge in [0.1, 0.15) is 0 Å². The van der Waals surface area contributed by atoms with Gasteiger partial charge in [-0.25, -0.2) is 15.0 Å². The molecule has 64 heavy (non-hydrogen) atoms. The minimum atomic E-state index is -0.448. The van der Waals surface area contributed by atoms with E-state index in [-0.39, 0.29) is 0 Å². The fraction of sp³-hybridized carbons (Fsp3) is 0.0169. The molecule has 0 unspecified atom stereocenters. The van der Waals surface area contributed by atoms with Crippen molar-refractivity contribution >= 4 is 31.5 Å². The van der Waals surface area contributed by atoms with Crippen LogP contribution in [0.4, 0.5) is 0 Å². The van der Waals surface area contributed by atoms with E-state index in [0.717, 1.165) is 48.0 Å². The molecule has 0 amide bonds. The van der Waals surface area contributed by atoms with Crippen molar-refractivity contribution in [3.63, 3.8) is 0 Å². The van der Waals surface area contributed by atoms with Gasteiger partial charge in [-0.1, -0.05) is 170 Å². The molecule has 0 saturated carbocycles. The van der Waals surface area contributed by atoms with Gasteiger partial charge in [0.15, 0.2) is 17.5 Å². The zero-order valence-corrected chi connectivity index (χ0v) is 35.1. The Hall–Kier alpha value is -8.30. The summed E-state index contributed by atoms with van der Waals surface area (Å²) in [6.45, 7) is 0. The highest BCUT2D eigenvalue weighted by atomic mass is 32.1. The first kappa shape index (κ1) is 36.4. The molecule has 1 spiro atoms. The number of thiophene rings is 1. The first-order valence-corrected chi connectivity index (χ1v) is 22.3. The first-order chi connectivity index (χ1) is 31.7. The van der Waals surface area contributed by atoms with E-state index in [4.69, 9.17) is 15.0 Å². The lowest BCUT2D eigenvalue weighted by molar-refractivity contribution is 0.796. The van der Waals surface area contributed by atoms with Gasteiger partial charge < -0.3 is 0 Å². The molecule has 0 atom stereocenters. The van der Waals surface area contributed by atoms with Crippen LogP contribution in [0.25, 0.3) is 98.8 Å². The van der Waals surface area contributed by atoms with Crippen molar-refractivity contribution in [2.24, 2.45) is 0 Å². The van der Waals surface area contributed by atoms with Crippen LogP contribution < -0.4 is 0 Å². The van der Waals surface area contributed by atoms with Crippen LogP contribution in [0.3, 0.4) is 0 Å². The average molecular weight is 831 g/mol. The van der Waals surface area contributed by atoms with Crippen molar-refractivity contribution in [1.82, 2.24) is 15.0 Å². The molecule has 5 heteroatoms. The Morgan fingerprint density at radius 1 is 0.375 bits per heavy atom. The summed E-state index contributed by atoms with van der Waals surface area (Å²) in [5.41, 5.74) is 18.0. The molecule has 2 aliphatic carbocycles. The molecule has 0 fully saturated rings. The fourth-order valence-corrected chi connectivity index (χ4v) is 11.6. The maximum Gasteiger partial charge on any atom is 0.164 e. The number of nitriles is 1. The molecule has 296 valence electrons. The van der Waals surface area contributed by atoms with Gasteiger partial charge in [-0.05, 0) is 103 Å². The third-order valence-corrected chi connectivity index (χ3v) is 14.3. The monoisotopic (exact) mass is 830 g/mol. The van der Waals surface area contributed by atoms with Crippen molar-refractivity contribution in [2.45, 2.75) is 5.41 Å². The smallest absolute Gasteiger partial charge is 0.164 e. The number of aromatic nitrogens is 3. The summed E-state index contributed by atoms with van der Waals surface area (Å²) in [7, 11) is 0. The molecule has 0 radical (unpaired) electrons. The SMILES string of the molecule is N#Cc1ccc2sc3cccc(-c4nc(-c5ccccc5)nc(-c5cccc(-c6cccc(-c7cccc8c7C7(c9ccccc9-c9ccccc97)c7ccccc7-8)c6)c5)n4)c3c2c1. The van der Waals surface area contributed by atoms with E-state index in [0.29, 0.717) is 23.0 Å². The van der Waals surface area contributed by atoms with Crippen molar-refractivity contribution in [3.05, 3.63) is 234 Å². The van der Waals surface area contributed by atoms with Crippen LogP contribution in [0.15, 0.2) is 206 Å².